The van der Waals surface area contributed by atoms with Crippen LogP contribution in [0, 0.1) is 0 Å². The lowest BCUT2D eigenvalue weighted by molar-refractivity contribution is -0.253. The van der Waals surface area contributed by atoms with Gasteiger partial charge in [0.15, 0.2) is 5.60 Å². The predicted octanol–water partition coefficient (Wildman–Crippen LogP) is 1.59. The zero-order valence-corrected chi connectivity index (χ0v) is 12.8. The number of nitrogens with one attached hydrogen (secondary N) is 1. The summed E-state index contributed by atoms with van der Waals surface area (Å²) in [7, 11) is 0. The average Bonchev–Trinajstić information content (AvgIpc) is 3.10. The Morgan fingerprint density at radius 2 is 2.21 bits per heavy atom. The third-order valence-electron chi connectivity index (χ3n) is 4.13. The number of pyridine rings is 1. The highest BCUT2D eigenvalue weighted by Crippen LogP contribution is 2.37. The fourth-order valence-electron chi connectivity index (χ4n) is 2.72. The van der Waals surface area contributed by atoms with Gasteiger partial charge in [0.2, 0.25) is 0 Å². The van der Waals surface area contributed by atoms with Gasteiger partial charge in [-0.25, -0.2) is 9.78 Å². The first-order chi connectivity index (χ1) is 11.3. The highest BCUT2D eigenvalue weighted by Gasteiger charge is 2.57. The molecule has 0 aliphatic carbocycles. The molecule has 0 spiro atoms. The molecule has 1 saturated heterocycles. The van der Waals surface area contributed by atoms with E-state index in [1.54, 1.807) is 0 Å². The second-order valence-electron chi connectivity index (χ2n) is 5.88. The van der Waals surface area contributed by atoms with Crippen LogP contribution in [0.4, 0.5) is 18.0 Å². The third-order valence-corrected chi connectivity index (χ3v) is 4.13. The van der Waals surface area contributed by atoms with Crippen molar-refractivity contribution in [3.63, 3.8) is 0 Å². The zero-order chi connectivity index (χ0) is 17.4. The third kappa shape index (κ3) is 3.16. The number of imidazole rings is 1. The molecular weight excluding hydrogens is 325 g/mol. The van der Waals surface area contributed by atoms with Crippen LogP contribution in [0.25, 0.3) is 5.65 Å². The van der Waals surface area contributed by atoms with Gasteiger partial charge in [-0.3, -0.25) is 0 Å². The number of rotatable bonds is 3. The number of β-amino-alcohol motifs (C(OH)–C–C–N with tert-alkyl or cyclic N) is 1. The van der Waals surface area contributed by atoms with Gasteiger partial charge in [-0.2, -0.15) is 13.2 Å². The number of urea groups is 1. The molecule has 3 rings (SSSR count). The summed E-state index contributed by atoms with van der Waals surface area (Å²) in [6.07, 6.45) is -1.09. The maximum atomic E-state index is 12.7. The minimum absolute atomic E-state index is 0.129. The van der Waals surface area contributed by atoms with Gasteiger partial charge >= 0.3 is 12.2 Å². The molecule has 1 fully saturated rings. The number of hydrogen-bond acceptors (Lipinski definition) is 3. The van der Waals surface area contributed by atoms with Gasteiger partial charge in [-0.15, -0.1) is 0 Å². The van der Waals surface area contributed by atoms with Crippen molar-refractivity contribution in [2.75, 3.05) is 19.6 Å². The largest absolute Gasteiger partial charge is 0.419 e. The molecular formula is C15H17F3N4O2. The van der Waals surface area contributed by atoms with E-state index in [9.17, 15) is 23.1 Å². The molecule has 0 aromatic carbocycles. The number of aromatic nitrogens is 2. The Hall–Kier alpha value is -2.29. The van der Waals surface area contributed by atoms with Gasteiger partial charge in [0, 0.05) is 38.3 Å². The van der Waals surface area contributed by atoms with E-state index in [4.69, 9.17) is 0 Å². The Balaban J connectivity index is 1.51. The smallest absolute Gasteiger partial charge is 0.379 e. The first-order valence-electron chi connectivity index (χ1n) is 7.53. The van der Waals surface area contributed by atoms with Crippen molar-refractivity contribution < 1.29 is 23.1 Å². The van der Waals surface area contributed by atoms with Crippen LogP contribution in [0.2, 0.25) is 0 Å². The Morgan fingerprint density at radius 3 is 2.88 bits per heavy atom. The van der Waals surface area contributed by atoms with Crippen molar-refractivity contribution >= 4 is 11.7 Å². The Morgan fingerprint density at radius 1 is 1.42 bits per heavy atom. The molecule has 6 nitrogen and oxygen atoms in total. The minimum atomic E-state index is -4.74. The van der Waals surface area contributed by atoms with Gasteiger partial charge in [-0.05, 0) is 12.1 Å². The zero-order valence-electron chi connectivity index (χ0n) is 12.8. The fraction of sp³-hybridized carbons (Fsp3) is 0.467. The van der Waals surface area contributed by atoms with Crippen LogP contribution in [-0.4, -0.2) is 56.8 Å². The van der Waals surface area contributed by atoms with Crippen molar-refractivity contribution in [3.05, 3.63) is 36.3 Å². The molecule has 3 heterocycles. The molecule has 2 aromatic rings. The number of amides is 2. The molecule has 9 heteroatoms. The number of carbonyl (C=O) groups excluding carboxylic acids is 1. The molecule has 2 aromatic heterocycles. The second-order valence-corrected chi connectivity index (χ2v) is 5.88. The lowest BCUT2D eigenvalue weighted by atomic mass is 10.0. The minimum Gasteiger partial charge on any atom is -0.379 e. The van der Waals surface area contributed by atoms with E-state index >= 15 is 0 Å². The number of halogens is 3. The monoisotopic (exact) mass is 342 g/mol. The summed E-state index contributed by atoms with van der Waals surface area (Å²) >= 11 is 0. The summed E-state index contributed by atoms with van der Waals surface area (Å²) in [5.74, 6) is 0. The van der Waals surface area contributed by atoms with Crippen molar-refractivity contribution in [1.82, 2.24) is 19.6 Å². The quantitative estimate of drug-likeness (QED) is 0.890. The van der Waals surface area contributed by atoms with Gasteiger partial charge in [-0.1, -0.05) is 6.07 Å². The number of carbonyl (C=O) groups is 1. The SMILES string of the molecule is O=C(NCCc1cn2ccccc2n1)N1CCC(O)(C(F)(F)F)C1. The summed E-state index contributed by atoms with van der Waals surface area (Å²) in [4.78, 5) is 17.3. The number of hydrogen-bond donors (Lipinski definition) is 2. The number of fused-ring (bicyclic) bond motifs is 1. The standard InChI is InChI=1S/C15H17F3N4O2/c16-15(17,18)14(24)5-8-22(10-14)13(23)19-6-4-11-9-21-7-2-1-3-12(21)20-11/h1-3,7,9,24H,4-6,8,10H2,(H,19,23). The van der Waals surface area contributed by atoms with Gasteiger partial charge in [0.05, 0.1) is 12.2 Å². The second kappa shape index (κ2) is 5.97. The first-order valence-corrected chi connectivity index (χ1v) is 7.53. The summed E-state index contributed by atoms with van der Waals surface area (Å²) in [6.45, 7) is -0.615. The molecule has 0 radical (unpaired) electrons. The van der Waals surface area contributed by atoms with Crippen molar-refractivity contribution in [1.29, 1.82) is 0 Å². The summed E-state index contributed by atoms with van der Waals surface area (Å²) < 4.78 is 40.1. The molecule has 130 valence electrons. The van der Waals surface area contributed by atoms with E-state index in [1.165, 1.54) is 0 Å². The van der Waals surface area contributed by atoms with Crippen LogP contribution in [0.3, 0.4) is 0 Å². The Labute approximate surface area is 135 Å². The van der Waals surface area contributed by atoms with E-state index in [1.807, 2.05) is 35.0 Å². The lowest BCUT2D eigenvalue weighted by Crippen LogP contribution is -2.49. The molecule has 24 heavy (non-hydrogen) atoms. The van der Waals surface area contributed by atoms with E-state index in [0.29, 0.717) is 6.42 Å². The van der Waals surface area contributed by atoms with Crippen molar-refractivity contribution in [3.8, 4) is 0 Å². The Bertz CT molecular complexity index is 713. The van der Waals surface area contributed by atoms with Gasteiger partial charge < -0.3 is 19.7 Å². The molecule has 0 saturated carbocycles. The van der Waals surface area contributed by atoms with E-state index < -0.39 is 30.8 Å². The topological polar surface area (TPSA) is 69.9 Å². The van der Waals surface area contributed by atoms with Crippen LogP contribution < -0.4 is 5.32 Å². The molecule has 2 N–H and O–H groups in total. The van der Waals surface area contributed by atoms with Gasteiger partial charge in [0.25, 0.3) is 0 Å². The van der Waals surface area contributed by atoms with E-state index in [2.05, 4.69) is 10.3 Å². The lowest BCUT2D eigenvalue weighted by Gasteiger charge is -2.25. The van der Waals surface area contributed by atoms with Crippen LogP contribution >= 0.6 is 0 Å². The maximum Gasteiger partial charge on any atom is 0.419 e. The summed E-state index contributed by atoms with van der Waals surface area (Å²) in [6, 6.07) is 4.97. The summed E-state index contributed by atoms with van der Waals surface area (Å²) in [5.41, 5.74) is -1.25. The summed E-state index contributed by atoms with van der Waals surface area (Å²) in [5, 5.41) is 12.1. The molecule has 1 atom stereocenters. The van der Waals surface area contributed by atoms with Crippen LogP contribution in [0.1, 0.15) is 12.1 Å². The molecule has 2 amide bonds. The number of likely N-dealkylation sites (tertiary alicyclic amines) is 1. The van der Waals surface area contributed by atoms with Crippen LogP contribution in [-0.2, 0) is 6.42 Å². The fourth-order valence-corrected chi connectivity index (χ4v) is 2.72. The van der Waals surface area contributed by atoms with Crippen LogP contribution in [0.15, 0.2) is 30.6 Å². The number of aliphatic hydroxyl groups is 1. The average molecular weight is 342 g/mol. The predicted molar refractivity (Wildman–Crippen MR) is 79.5 cm³/mol. The molecule has 1 aliphatic heterocycles. The maximum absolute atomic E-state index is 12.7. The highest BCUT2D eigenvalue weighted by atomic mass is 19.4. The van der Waals surface area contributed by atoms with Crippen molar-refractivity contribution in [2.45, 2.75) is 24.6 Å². The molecule has 1 unspecified atom stereocenters. The van der Waals surface area contributed by atoms with E-state index in [-0.39, 0.29) is 13.1 Å². The molecule has 0 bridgehead atoms. The highest BCUT2D eigenvalue weighted by molar-refractivity contribution is 5.74. The number of nitrogens with zero attached hydrogens (tertiary/aromatic N) is 3. The van der Waals surface area contributed by atoms with Crippen molar-refractivity contribution in [2.24, 2.45) is 0 Å². The normalized spacial score (nSPS) is 21.4. The molecule has 1 aliphatic rings. The van der Waals surface area contributed by atoms with Crippen LogP contribution in [0.5, 0.6) is 0 Å². The first kappa shape index (κ1) is 16.6. The number of alkyl halides is 3. The Kier molecular flexibility index (Phi) is 4.12. The van der Waals surface area contributed by atoms with Gasteiger partial charge in [0.1, 0.15) is 5.65 Å². The van der Waals surface area contributed by atoms with E-state index in [0.717, 1.165) is 16.2 Å².